The number of hydrogen-bond acceptors (Lipinski definition) is 2. The lowest BCUT2D eigenvalue weighted by Gasteiger charge is -2.11. The van der Waals surface area contributed by atoms with Crippen molar-refractivity contribution >= 4 is 5.91 Å². The zero-order valence-electron chi connectivity index (χ0n) is 9.03. The Morgan fingerprint density at radius 1 is 1.67 bits per heavy atom. The highest BCUT2D eigenvalue weighted by Gasteiger charge is 2.28. The first-order valence-electron chi connectivity index (χ1n) is 5.57. The Kier molecular flexibility index (Phi) is 3.09. The minimum absolute atomic E-state index is 0.130. The molecule has 3 heteroatoms. The third kappa shape index (κ3) is 3.11. The molecule has 1 saturated carbocycles. The molecule has 0 radical (unpaired) electrons. The van der Waals surface area contributed by atoms with Crippen molar-refractivity contribution in [3.63, 3.8) is 0 Å². The average Bonchev–Trinajstić information content (AvgIpc) is 2.93. The van der Waals surface area contributed by atoms with Gasteiger partial charge in [0, 0.05) is 18.9 Å². The maximum Gasteiger partial charge on any atom is 0.220 e. The van der Waals surface area contributed by atoms with Crippen LogP contribution in [-0.4, -0.2) is 11.9 Å². The van der Waals surface area contributed by atoms with Crippen molar-refractivity contribution in [1.82, 2.24) is 5.32 Å². The first kappa shape index (κ1) is 10.3. The molecule has 82 valence electrons. The second-order valence-electron chi connectivity index (χ2n) is 4.27. The van der Waals surface area contributed by atoms with E-state index in [4.69, 9.17) is 4.42 Å². The second kappa shape index (κ2) is 4.51. The van der Waals surface area contributed by atoms with Gasteiger partial charge in [0.05, 0.1) is 6.26 Å². The lowest BCUT2D eigenvalue weighted by molar-refractivity contribution is -0.121. The van der Waals surface area contributed by atoms with E-state index in [0.29, 0.717) is 18.9 Å². The number of carbonyl (C=O) groups excluding carboxylic acids is 1. The summed E-state index contributed by atoms with van der Waals surface area (Å²) in [4.78, 5) is 11.5. The van der Waals surface area contributed by atoms with Gasteiger partial charge in [0.2, 0.25) is 5.91 Å². The summed E-state index contributed by atoms with van der Waals surface area (Å²) in [5.74, 6) is 1.73. The van der Waals surface area contributed by atoms with Gasteiger partial charge in [0.15, 0.2) is 0 Å². The van der Waals surface area contributed by atoms with Crippen molar-refractivity contribution in [3.05, 3.63) is 24.2 Å². The van der Waals surface area contributed by atoms with Gasteiger partial charge in [0.1, 0.15) is 5.76 Å². The molecule has 0 saturated heterocycles. The predicted octanol–water partition coefficient (Wildman–Crippen LogP) is 2.13. The zero-order valence-corrected chi connectivity index (χ0v) is 9.03. The Morgan fingerprint density at radius 3 is 3.07 bits per heavy atom. The molecular formula is C12H17NO2. The molecule has 3 nitrogen and oxygen atoms in total. The van der Waals surface area contributed by atoms with E-state index < -0.39 is 0 Å². The summed E-state index contributed by atoms with van der Waals surface area (Å²) in [6, 6.07) is 4.09. The number of rotatable bonds is 5. The molecule has 1 aliphatic carbocycles. The van der Waals surface area contributed by atoms with Gasteiger partial charge < -0.3 is 9.73 Å². The highest BCUT2D eigenvalue weighted by molar-refractivity contribution is 5.76. The number of hydrogen-bond donors (Lipinski definition) is 1. The van der Waals surface area contributed by atoms with Gasteiger partial charge in [-0.15, -0.1) is 0 Å². The van der Waals surface area contributed by atoms with E-state index in [1.165, 1.54) is 12.8 Å². The average molecular weight is 207 g/mol. The first-order valence-corrected chi connectivity index (χ1v) is 5.57. The highest BCUT2D eigenvalue weighted by Crippen LogP contribution is 2.32. The molecule has 1 atom stereocenters. The lowest BCUT2D eigenvalue weighted by atomic mass is 10.2. The number of carbonyl (C=O) groups is 1. The molecule has 0 aliphatic heterocycles. The standard InChI is InChI=1S/C12H17NO2/c1-9(10-4-5-10)13-12(14)7-6-11-3-2-8-15-11/h2-3,8-10H,4-7H2,1H3,(H,13,14). The van der Waals surface area contributed by atoms with E-state index in [2.05, 4.69) is 12.2 Å². The molecule has 0 aromatic carbocycles. The fourth-order valence-corrected chi connectivity index (χ4v) is 1.73. The van der Waals surface area contributed by atoms with E-state index in [1.807, 2.05) is 12.1 Å². The third-order valence-electron chi connectivity index (χ3n) is 2.90. The SMILES string of the molecule is CC(NC(=O)CCc1ccco1)C1CC1. The number of amides is 1. The Balaban J connectivity index is 1.68. The molecular weight excluding hydrogens is 190 g/mol. The number of furan rings is 1. The maximum absolute atomic E-state index is 11.5. The molecule has 1 heterocycles. The van der Waals surface area contributed by atoms with Crippen LogP contribution in [0.15, 0.2) is 22.8 Å². The summed E-state index contributed by atoms with van der Waals surface area (Å²) >= 11 is 0. The van der Waals surface area contributed by atoms with Gasteiger partial charge in [-0.2, -0.15) is 0 Å². The van der Waals surface area contributed by atoms with Gasteiger partial charge in [-0.25, -0.2) is 0 Å². The van der Waals surface area contributed by atoms with Gasteiger partial charge in [-0.3, -0.25) is 4.79 Å². The van der Waals surface area contributed by atoms with E-state index in [0.717, 1.165) is 11.7 Å². The van der Waals surface area contributed by atoms with Gasteiger partial charge >= 0.3 is 0 Å². The van der Waals surface area contributed by atoms with Crippen LogP contribution in [-0.2, 0) is 11.2 Å². The lowest BCUT2D eigenvalue weighted by Crippen LogP contribution is -2.34. The van der Waals surface area contributed by atoms with Crippen LogP contribution < -0.4 is 5.32 Å². The Hall–Kier alpha value is -1.25. The van der Waals surface area contributed by atoms with Crippen LogP contribution in [0.4, 0.5) is 0 Å². The normalized spacial score (nSPS) is 17.4. The molecule has 0 bridgehead atoms. The van der Waals surface area contributed by atoms with Crippen LogP contribution in [0.2, 0.25) is 0 Å². The fraction of sp³-hybridized carbons (Fsp3) is 0.583. The molecule has 1 fully saturated rings. The Labute approximate surface area is 89.9 Å². The molecule has 1 amide bonds. The fourth-order valence-electron chi connectivity index (χ4n) is 1.73. The van der Waals surface area contributed by atoms with Gasteiger partial charge in [-0.1, -0.05) is 0 Å². The molecule has 0 spiro atoms. The molecule has 1 aromatic heterocycles. The van der Waals surface area contributed by atoms with Crippen LogP contribution in [0.25, 0.3) is 0 Å². The van der Waals surface area contributed by atoms with Crippen LogP contribution in [0, 0.1) is 5.92 Å². The molecule has 1 N–H and O–H groups in total. The van der Waals surface area contributed by atoms with Crippen LogP contribution in [0.1, 0.15) is 31.9 Å². The summed E-state index contributed by atoms with van der Waals surface area (Å²) in [6.45, 7) is 2.09. The monoisotopic (exact) mass is 207 g/mol. The van der Waals surface area contributed by atoms with Crippen molar-refractivity contribution in [2.24, 2.45) is 5.92 Å². The largest absolute Gasteiger partial charge is 0.469 e. The summed E-state index contributed by atoms with van der Waals surface area (Å²) < 4.78 is 5.17. The maximum atomic E-state index is 11.5. The molecule has 1 aliphatic rings. The second-order valence-corrected chi connectivity index (χ2v) is 4.27. The van der Waals surface area contributed by atoms with Crippen molar-refractivity contribution in [2.45, 2.75) is 38.6 Å². The van der Waals surface area contributed by atoms with E-state index in [1.54, 1.807) is 6.26 Å². The first-order chi connectivity index (χ1) is 7.25. The van der Waals surface area contributed by atoms with E-state index >= 15 is 0 Å². The van der Waals surface area contributed by atoms with Crippen molar-refractivity contribution < 1.29 is 9.21 Å². The summed E-state index contributed by atoms with van der Waals surface area (Å²) in [7, 11) is 0. The number of aryl methyl sites for hydroxylation is 1. The summed E-state index contributed by atoms with van der Waals surface area (Å²) in [5, 5.41) is 3.02. The van der Waals surface area contributed by atoms with Crippen LogP contribution in [0.5, 0.6) is 0 Å². The van der Waals surface area contributed by atoms with E-state index in [-0.39, 0.29) is 5.91 Å². The van der Waals surface area contributed by atoms with Gasteiger partial charge in [-0.05, 0) is 37.8 Å². The summed E-state index contributed by atoms with van der Waals surface area (Å²) in [6.07, 6.45) is 5.38. The summed E-state index contributed by atoms with van der Waals surface area (Å²) in [5.41, 5.74) is 0. The molecule has 15 heavy (non-hydrogen) atoms. The highest BCUT2D eigenvalue weighted by atomic mass is 16.3. The van der Waals surface area contributed by atoms with Crippen molar-refractivity contribution in [3.8, 4) is 0 Å². The quantitative estimate of drug-likeness (QED) is 0.803. The van der Waals surface area contributed by atoms with Crippen molar-refractivity contribution in [2.75, 3.05) is 0 Å². The minimum Gasteiger partial charge on any atom is -0.469 e. The third-order valence-corrected chi connectivity index (χ3v) is 2.90. The van der Waals surface area contributed by atoms with Crippen molar-refractivity contribution in [1.29, 1.82) is 0 Å². The van der Waals surface area contributed by atoms with Gasteiger partial charge in [0.25, 0.3) is 0 Å². The van der Waals surface area contributed by atoms with Crippen LogP contribution >= 0.6 is 0 Å². The molecule has 1 unspecified atom stereocenters. The minimum atomic E-state index is 0.130. The zero-order chi connectivity index (χ0) is 10.7. The Morgan fingerprint density at radius 2 is 2.47 bits per heavy atom. The Bertz CT molecular complexity index is 314. The smallest absolute Gasteiger partial charge is 0.220 e. The predicted molar refractivity (Wildman–Crippen MR) is 57.4 cm³/mol. The van der Waals surface area contributed by atoms with E-state index in [9.17, 15) is 4.79 Å². The van der Waals surface area contributed by atoms with Crippen LogP contribution in [0.3, 0.4) is 0 Å². The topological polar surface area (TPSA) is 42.2 Å². The molecule has 1 aromatic rings. The molecule has 2 rings (SSSR count). The number of nitrogens with one attached hydrogen (secondary N) is 1.